The predicted molar refractivity (Wildman–Crippen MR) is 67.5 cm³/mol. The normalized spacial score (nSPS) is 29.6. The summed E-state index contributed by atoms with van der Waals surface area (Å²) in [7, 11) is 0. The highest BCUT2D eigenvalue weighted by Crippen LogP contribution is 2.36. The molecule has 1 aliphatic carbocycles. The minimum absolute atomic E-state index is 0.0657. The van der Waals surface area contributed by atoms with Crippen LogP contribution in [0.15, 0.2) is 0 Å². The minimum Gasteiger partial charge on any atom is -0.390 e. The van der Waals surface area contributed by atoms with Crippen LogP contribution in [0.3, 0.4) is 0 Å². The van der Waals surface area contributed by atoms with Crippen molar-refractivity contribution in [2.24, 2.45) is 11.3 Å². The summed E-state index contributed by atoms with van der Waals surface area (Å²) in [6, 6.07) is 0. The molecule has 0 aromatic rings. The third-order valence-electron chi connectivity index (χ3n) is 3.56. The molecule has 96 valence electrons. The molecule has 1 fully saturated rings. The van der Waals surface area contributed by atoms with E-state index in [9.17, 15) is 5.11 Å². The van der Waals surface area contributed by atoms with Gasteiger partial charge in [0.1, 0.15) is 0 Å². The van der Waals surface area contributed by atoms with Crippen molar-refractivity contribution in [2.45, 2.75) is 72.0 Å². The van der Waals surface area contributed by atoms with E-state index >= 15 is 0 Å². The summed E-state index contributed by atoms with van der Waals surface area (Å²) >= 11 is 0. The Morgan fingerprint density at radius 2 is 2.06 bits per heavy atom. The van der Waals surface area contributed by atoms with E-state index in [4.69, 9.17) is 4.74 Å². The molecule has 0 aromatic heterocycles. The van der Waals surface area contributed by atoms with Crippen LogP contribution in [0.4, 0.5) is 0 Å². The Balaban J connectivity index is 2.24. The Hall–Kier alpha value is -0.0800. The van der Waals surface area contributed by atoms with E-state index in [1.54, 1.807) is 0 Å². The standard InChI is InChI=1S/C14H28O2/c1-11(2)6-5-9-16-13-10-14(3,4)8-7-12(13)15/h11-13,15H,5-10H2,1-4H3. The number of hydrogen-bond acceptors (Lipinski definition) is 2. The highest BCUT2D eigenvalue weighted by molar-refractivity contribution is 4.85. The van der Waals surface area contributed by atoms with Crippen molar-refractivity contribution < 1.29 is 9.84 Å². The lowest BCUT2D eigenvalue weighted by molar-refractivity contribution is -0.0867. The first kappa shape index (κ1) is 14.0. The van der Waals surface area contributed by atoms with E-state index in [0.29, 0.717) is 5.41 Å². The highest BCUT2D eigenvalue weighted by atomic mass is 16.5. The SMILES string of the molecule is CC(C)CCCOC1CC(C)(C)CCC1O. The molecule has 2 nitrogen and oxygen atoms in total. The molecule has 1 saturated carbocycles. The third-order valence-corrected chi connectivity index (χ3v) is 3.56. The Labute approximate surface area is 100 Å². The van der Waals surface area contributed by atoms with Crippen molar-refractivity contribution in [1.82, 2.24) is 0 Å². The van der Waals surface area contributed by atoms with Gasteiger partial charge in [-0.05, 0) is 43.4 Å². The molecule has 0 radical (unpaired) electrons. The third kappa shape index (κ3) is 4.84. The Kier molecular flexibility index (Phi) is 5.26. The van der Waals surface area contributed by atoms with Crippen molar-refractivity contribution in [3.05, 3.63) is 0 Å². The maximum Gasteiger partial charge on any atom is 0.0839 e. The van der Waals surface area contributed by atoms with Crippen LogP contribution in [-0.4, -0.2) is 23.9 Å². The second kappa shape index (κ2) is 6.02. The lowest BCUT2D eigenvalue weighted by Gasteiger charge is -2.38. The number of aliphatic hydroxyl groups is 1. The summed E-state index contributed by atoms with van der Waals surface area (Å²) < 4.78 is 5.83. The summed E-state index contributed by atoms with van der Waals surface area (Å²) in [6.45, 7) is 9.81. The summed E-state index contributed by atoms with van der Waals surface area (Å²) in [6.07, 6.45) is 5.15. The number of ether oxygens (including phenoxy) is 1. The van der Waals surface area contributed by atoms with Gasteiger partial charge in [-0.2, -0.15) is 0 Å². The molecule has 0 heterocycles. The van der Waals surface area contributed by atoms with Gasteiger partial charge in [0.2, 0.25) is 0 Å². The molecule has 0 saturated heterocycles. The van der Waals surface area contributed by atoms with Gasteiger partial charge < -0.3 is 9.84 Å². The molecular weight excluding hydrogens is 200 g/mol. The fraction of sp³-hybridized carbons (Fsp3) is 1.00. The van der Waals surface area contributed by atoms with Crippen LogP contribution in [0.2, 0.25) is 0 Å². The first-order valence-corrected chi connectivity index (χ1v) is 6.70. The van der Waals surface area contributed by atoms with E-state index in [-0.39, 0.29) is 12.2 Å². The molecular formula is C14H28O2. The van der Waals surface area contributed by atoms with Crippen molar-refractivity contribution in [3.8, 4) is 0 Å². The average molecular weight is 228 g/mol. The molecule has 0 bridgehead atoms. The lowest BCUT2D eigenvalue weighted by atomic mass is 9.75. The van der Waals surface area contributed by atoms with Gasteiger partial charge in [0, 0.05) is 6.61 Å². The number of hydrogen-bond donors (Lipinski definition) is 1. The van der Waals surface area contributed by atoms with E-state index in [2.05, 4.69) is 27.7 Å². The zero-order valence-electron chi connectivity index (χ0n) is 11.3. The fourth-order valence-electron chi connectivity index (χ4n) is 2.40. The summed E-state index contributed by atoms with van der Waals surface area (Å²) in [5.41, 5.74) is 0.335. The molecule has 1 aliphatic rings. The minimum atomic E-state index is -0.243. The largest absolute Gasteiger partial charge is 0.390 e. The van der Waals surface area contributed by atoms with Crippen molar-refractivity contribution in [2.75, 3.05) is 6.61 Å². The van der Waals surface area contributed by atoms with Crippen LogP contribution in [0, 0.1) is 11.3 Å². The monoisotopic (exact) mass is 228 g/mol. The van der Waals surface area contributed by atoms with Crippen molar-refractivity contribution >= 4 is 0 Å². The van der Waals surface area contributed by atoms with Crippen molar-refractivity contribution in [1.29, 1.82) is 0 Å². The molecule has 2 atom stereocenters. The quantitative estimate of drug-likeness (QED) is 0.731. The van der Waals surface area contributed by atoms with Gasteiger partial charge in [0.25, 0.3) is 0 Å². The van der Waals surface area contributed by atoms with Crippen LogP contribution >= 0.6 is 0 Å². The molecule has 0 aliphatic heterocycles. The molecule has 1 N–H and O–H groups in total. The van der Waals surface area contributed by atoms with Gasteiger partial charge in [-0.1, -0.05) is 27.7 Å². The summed E-state index contributed by atoms with van der Waals surface area (Å²) in [4.78, 5) is 0. The molecule has 16 heavy (non-hydrogen) atoms. The zero-order chi connectivity index (χ0) is 12.2. The molecule has 0 aromatic carbocycles. The van der Waals surface area contributed by atoms with E-state index < -0.39 is 0 Å². The van der Waals surface area contributed by atoms with Crippen LogP contribution in [0.5, 0.6) is 0 Å². The lowest BCUT2D eigenvalue weighted by Crippen LogP contribution is -2.39. The number of aliphatic hydroxyl groups excluding tert-OH is 1. The van der Waals surface area contributed by atoms with Crippen LogP contribution in [-0.2, 0) is 4.74 Å². The van der Waals surface area contributed by atoms with Gasteiger partial charge in [-0.25, -0.2) is 0 Å². The molecule has 1 rings (SSSR count). The highest BCUT2D eigenvalue weighted by Gasteiger charge is 2.34. The van der Waals surface area contributed by atoms with E-state index in [1.807, 2.05) is 0 Å². The predicted octanol–water partition coefficient (Wildman–Crippen LogP) is 3.38. The molecule has 0 amide bonds. The van der Waals surface area contributed by atoms with Crippen molar-refractivity contribution in [3.63, 3.8) is 0 Å². The van der Waals surface area contributed by atoms with Gasteiger partial charge in [0.15, 0.2) is 0 Å². The maximum atomic E-state index is 9.88. The van der Waals surface area contributed by atoms with E-state index in [1.165, 1.54) is 6.42 Å². The first-order valence-electron chi connectivity index (χ1n) is 6.70. The van der Waals surface area contributed by atoms with Crippen LogP contribution in [0.1, 0.15) is 59.8 Å². The second-order valence-corrected chi connectivity index (χ2v) is 6.42. The fourth-order valence-corrected chi connectivity index (χ4v) is 2.40. The summed E-state index contributed by atoms with van der Waals surface area (Å²) in [5, 5.41) is 9.88. The zero-order valence-corrected chi connectivity index (χ0v) is 11.3. The van der Waals surface area contributed by atoms with Crippen LogP contribution < -0.4 is 0 Å². The second-order valence-electron chi connectivity index (χ2n) is 6.42. The van der Waals surface area contributed by atoms with Gasteiger partial charge >= 0.3 is 0 Å². The molecule has 0 spiro atoms. The van der Waals surface area contributed by atoms with Gasteiger partial charge in [-0.15, -0.1) is 0 Å². The first-order chi connectivity index (χ1) is 7.41. The molecule has 2 unspecified atom stereocenters. The molecule has 2 heteroatoms. The Bertz CT molecular complexity index is 199. The van der Waals surface area contributed by atoms with Gasteiger partial charge in [0.05, 0.1) is 12.2 Å². The Morgan fingerprint density at radius 3 is 2.69 bits per heavy atom. The topological polar surface area (TPSA) is 29.5 Å². The average Bonchev–Trinajstić information content (AvgIpc) is 2.17. The number of rotatable bonds is 5. The van der Waals surface area contributed by atoms with Gasteiger partial charge in [-0.3, -0.25) is 0 Å². The summed E-state index contributed by atoms with van der Waals surface area (Å²) in [5.74, 6) is 0.747. The Morgan fingerprint density at radius 1 is 1.38 bits per heavy atom. The van der Waals surface area contributed by atoms with E-state index in [0.717, 1.165) is 38.2 Å². The smallest absolute Gasteiger partial charge is 0.0839 e. The maximum absolute atomic E-state index is 9.88. The van der Waals surface area contributed by atoms with Crippen LogP contribution in [0.25, 0.3) is 0 Å².